The molecule has 0 radical (unpaired) electrons. The zero-order valence-electron chi connectivity index (χ0n) is 18.7. The molecule has 3 aromatic carbocycles. The van der Waals surface area contributed by atoms with Crippen LogP contribution in [0.4, 0.5) is 5.69 Å². The fourth-order valence-electron chi connectivity index (χ4n) is 5.04. The van der Waals surface area contributed by atoms with Gasteiger partial charge >= 0.3 is 0 Å². The fourth-order valence-corrected chi connectivity index (χ4v) is 5.61. The van der Waals surface area contributed by atoms with Gasteiger partial charge in [-0.3, -0.25) is 0 Å². The van der Waals surface area contributed by atoms with Crippen LogP contribution in [-0.4, -0.2) is 7.11 Å². The Balaban J connectivity index is 1.49. The van der Waals surface area contributed by atoms with Crippen LogP contribution in [0.15, 0.2) is 71.2 Å². The molecule has 5 rings (SSSR count). The van der Waals surface area contributed by atoms with Gasteiger partial charge in [0, 0.05) is 11.6 Å². The van der Waals surface area contributed by atoms with Crippen LogP contribution in [0.25, 0.3) is 0 Å². The van der Waals surface area contributed by atoms with E-state index in [2.05, 4.69) is 83.6 Å². The first-order chi connectivity index (χ1) is 15.6. The summed E-state index contributed by atoms with van der Waals surface area (Å²) in [5.74, 6) is 2.41. The average molecular weight is 490 g/mol. The number of aryl methyl sites for hydroxylation is 1. The van der Waals surface area contributed by atoms with Crippen LogP contribution in [0.2, 0.25) is 0 Å². The van der Waals surface area contributed by atoms with E-state index >= 15 is 0 Å². The molecule has 0 saturated heterocycles. The highest BCUT2D eigenvalue weighted by Crippen LogP contribution is 2.52. The summed E-state index contributed by atoms with van der Waals surface area (Å²) in [7, 11) is 1.71. The zero-order valence-corrected chi connectivity index (χ0v) is 20.3. The van der Waals surface area contributed by atoms with Gasteiger partial charge in [0.1, 0.15) is 6.61 Å². The molecule has 1 N–H and O–H groups in total. The van der Waals surface area contributed by atoms with Crippen molar-refractivity contribution in [2.75, 3.05) is 12.4 Å². The molecule has 0 amide bonds. The lowest BCUT2D eigenvalue weighted by atomic mass is 9.76. The molecule has 1 heterocycles. The van der Waals surface area contributed by atoms with Gasteiger partial charge in [-0.1, -0.05) is 54.6 Å². The number of ether oxygens (including phenoxy) is 2. The number of fused-ring (bicyclic) bond motifs is 3. The first kappa shape index (κ1) is 21.1. The first-order valence-electron chi connectivity index (χ1n) is 11.1. The molecule has 1 aliphatic carbocycles. The summed E-state index contributed by atoms with van der Waals surface area (Å²) in [6, 6.07) is 19.3. The van der Waals surface area contributed by atoms with E-state index in [1.54, 1.807) is 7.11 Å². The normalized spacial score (nSPS) is 20.9. The fraction of sp³-hybridized carbons (Fsp3) is 0.286. The molecule has 3 aromatic rings. The number of allylic oxidation sites excluding steroid dienone is 2. The van der Waals surface area contributed by atoms with Gasteiger partial charge < -0.3 is 14.8 Å². The van der Waals surface area contributed by atoms with E-state index in [4.69, 9.17) is 9.47 Å². The molecule has 0 saturated carbocycles. The number of benzene rings is 3. The summed E-state index contributed by atoms with van der Waals surface area (Å²) in [5, 5.41) is 3.89. The molecule has 3 nitrogen and oxygen atoms in total. The second kappa shape index (κ2) is 8.67. The van der Waals surface area contributed by atoms with Crippen molar-refractivity contribution in [3.8, 4) is 11.5 Å². The van der Waals surface area contributed by atoms with E-state index in [1.165, 1.54) is 27.9 Å². The van der Waals surface area contributed by atoms with Crippen molar-refractivity contribution in [3.05, 3.63) is 99.0 Å². The van der Waals surface area contributed by atoms with Crippen LogP contribution in [0.5, 0.6) is 11.5 Å². The van der Waals surface area contributed by atoms with Crippen LogP contribution < -0.4 is 14.8 Å². The number of nitrogens with one attached hydrogen (secondary N) is 1. The van der Waals surface area contributed by atoms with E-state index in [0.717, 1.165) is 28.0 Å². The van der Waals surface area contributed by atoms with Crippen LogP contribution in [0.3, 0.4) is 0 Å². The number of hydrogen-bond acceptors (Lipinski definition) is 3. The van der Waals surface area contributed by atoms with Gasteiger partial charge in [-0.15, -0.1) is 0 Å². The molecule has 1 aliphatic heterocycles. The SMILES string of the molecule is COc1cc([C@@H]2Nc3c(ccc(C)c3C)[C@@H]3C=CC[C@@H]32)cc(Br)c1OCc1ccccc1. The van der Waals surface area contributed by atoms with E-state index in [1.807, 2.05) is 18.2 Å². The molecular weight excluding hydrogens is 462 g/mol. The van der Waals surface area contributed by atoms with Crippen molar-refractivity contribution in [1.29, 1.82) is 0 Å². The Morgan fingerprint density at radius 1 is 1.06 bits per heavy atom. The highest BCUT2D eigenvalue weighted by molar-refractivity contribution is 9.10. The minimum atomic E-state index is 0.205. The Kier molecular flexibility index (Phi) is 5.73. The molecule has 0 bridgehead atoms. The Morgan fingerprint density at radius 3 is 2.66 bits per heavy atom. The standard InChI is InChI=1S/C28H28BrNO2/c1-17-12-13-23-21-10-7-11-22(21)27(30-26(23)18(17)2)20-14-24(29)28(25(15-20)31-3)32-16-19-8-5-4-6-9-19/h4-10,12-15,21-22,27,30H,11,16H2,1-3H3/t21-,22+,27+/m1/s1. The van der Waals surface area contributed by atoms with E-state index in [0.29, 0.717) is 18.4 Å². The molecule has 164 valence electrons. The smallest absolute Gasteiger partial charge is 0.175 e. The molecule has 3 atom stereocenters. The lowest BCUT2D eigenvalue weighted by Crippen LogP contribution is -2.29. The van der Waals surface area contributed by atoms with Crippen LogP contribution >= 0.6 is 15.9 Å². The second-order valence-corrected chi connectivity index (χ2v) is 9.61. The van der Waals surface area contributed by atoms with Crippen LogP contribution in [0, 0.1) is 19.8 Å². The van der Waals surface area contributed by atoms with Crippen LogP contribution in [0.1, 0.15) is 46.2 Å². The molecular formula is C28H28BrNO2. The van der Waals surface area contributed by atoms with Crippen molar-refractivity contribution in [1.82, 2.24) is 0 Å². The minimum Gasteiger partial charge on any atom is -0.493 e. The topological polar surface area (TPSA) is 30.5 Å². The molecule has 4 heteroatoms. The van der Waals surface area contributed by atoms with Gasteiger partial charge in [-0.2, -0.15) is 0 Å². The maximum atomic E-state index is 6.16. The maximum absolute atomic E-state index is 6.16. The summed E-state index contributed by atoms with van der Waals surface area (Å²) in [4.78, 5) is 0. The van der Waals surface area contributed by atoms with E-state index in [-0.39, 0.29) is 6.04 Å². The van der Waals surface area contributed by atoms with Gasteiger partial charge in [0.25, 0.3) is 0 Å². The van der Waals surface area contributed by atoms with Crippen LogP contribution in [-0.2, 0) is 6.61 Å². The number of methoxy groups -OCH3 is 1. The third-order valence-corrected chi connectivity index (χ3v) is 7.49. The highest BCUT2D eigenvalue weighted by Gasteiger charge is 2.39. The Morgan fingerprint density at radius 2 is 1.88 bits per heavy atom. The number of anilines is 1. The van der Waals surface area contributed by atoms with E-state index < -0.39 is 0 Å². The van der Waals surface area contributed by atoms with Gasteiger partial charge in [-0.05, 0) is 82.1 Å². The Hall–Kier alpha value is -2.72. The lowest BCUT2D eigenvalue weighted by molar-refractivity contribution is 0.282. The molecule has 0 unspecified atom stereocenters. The minimum absolute atomic E-state index is 0.205. The Bertz CT molecular complexity index is 1170. The Labute approximate surface area is 198 Å². The predicted octanol–water partition coefficient (Wildman–Crippen LogP) is 7.48. The first-order valence-corrected chi connectivity index (χ1v) is 11.9. The van der Waals surface area contributed by atoms with Gasteiger partial charge in [0.2, 0.25) is 0 Å². The van der Waals surface area contributed by atoms with Crippen molar-refractivity contribution < 1.29 is 9.47 Å². The summed E-state index contributed by atoms with van der Waals surface area (Å²) < 4.78 is 12.8. The molecule has 0 aromatic heterocycles. The third-order valence-electron chi connectivity index (χ3n) is 6.91. The molecule has 2 aliphatic rings. The number of halogens is 1. The van der Waals surface area contributed by atoms with Gasteiger partial charge in [-0.25, -0.2) is 0 Å². The van der Waals surface area contributed by atoms with Crippen molar-refractivity contribution in [2.24, 2.45) is 5.92 Å². The van der Waals surface area contributed by atoms with Crippen molar-refractivity contribution in [2.45, 2.75) is 38.8 Å². The largest absolute Gasteiger partial charge is 0.493 e. The summed E-state index contributed by atoms with van der Waals surface area (Å²) >= 11 is 3.76. The van der Waals surface area contributed by atoms with Crippen molar-refractivity contribution in [3.63, 3.8) is 0 Å². The lowest BCUT2D eigenvalue weighted by Gasteiger charge is -2.39. The second-order valence-electron chi connectivity index (χ2n) is 8.76. The maximum Gasteiger partial charge on any atom is 0.175 e. The average Bonchev–Trinajstić information content (AvgIpc) is 3.30. The quantitative estimate of drug-likeness (QED) is 0.376. The van der Waals surface area contributed by atoms with Gasteiger partial charge in [0.15, 0.2) is 11.5 Å². The monoisotopic (exact) mass is 489 g/mol. The van der Waals surface area contributed by atoms with E-state index in [9.17, 15) is 0 Å². The zero-order chi connectivity index (χ0) is 22.2. The number of hydrogen-bond donors (Lipinski definition) is 1. The predicted molar refractivity (Wildman–Crippen MR) is 134 cm³/mol. The van der Waals surface area contributed by atoms with Crippen molar-refractivity contribution >= 4 is 21.6 Å². The highest BCUT2D eigenvalue weighted by atomic mass is 79.9. The molecule has 0 spiro atoms. The number of rotatable bonds is 5. The molecule has 32 heavy (non-hydrogen) atoms. The summed E-state index contributed by atoms with van der Waals surface area (Å²) in [5.41, 5.74) is 7.69. The summed E-state index contributed by atoms with van der Waals surface area (Å²) in [6.07, 6.45) is 5.79. The van der Waals surface area contributed by atoms with Gasteiger partial charge in [0.05, 0.1) is 17.6 Å². The third kappa shape index (κ3) is 3.71. The molecule has 0 fully saturated rings. The summed E-state index contributed by atoms with van der Waals surface area (Å²) in [6.45, 7) is 4.90.